The molecule has 0 spiro atoms. The van der Waals surface area contributed by atoms with Crippen molar-refractivity contribution in [1.82, 2.24) is 4.98 Å². The zero-order valence-corrected chi connectivity index (χ0v) is 8.34. The predicted octanol–water partition coefficient (Wildman–Crippen LogP) is 2.36. The van der Waals surface area contributed by atoms with Crippen LogP contribution in [0.5, 0.6) is 0 Å². The van der Waals surface area contributed by atoms with E-state index in [0.717, 1.165) is 19.0 Å². The first-order valence-corrected chi connectivity index (χ1v) is 5.02. The van der Waals surface area contributed by atoms with Gasteiger partial charge >= 0.3 is 0 Å². The lowest BCUT2D eigenvalue weighted by atomic mass is 10.0. The summed E-state index contributed by atoms with van der Waals surface area (Å²) in [4.78, 5) is 3.95. The van der Waals surface area contributed by atoms with Crippen LogP contribution in [0.4, 0.5) is 4.39 Å². The molecule has 1 atom stereocenters. The average Bonchev–Trinajstić information content (AvgIpc) is 2.96. The Morgan fingerprint density at radius 3 is 2.86 bits per heavy atom. The highest BCUT2D eigenvalue weighted by Gasteiger charge is 2.32. The molecule has 0 radical (unpaired) electrons. The van der Waals surface area contributed by atoms with Crippen LogP contribution in [0.1, 0.15) is 24.5 Å². The van der Waals surface area contributed by atoms with Crippen LogP contribution in [-0.4, -0.2) is 16.7 Å². The van der Waals surface area contributed by atoms with Gasteiger partial charge in [0.2, 0.25) is 0 Å². The summed E-state index contributed by atoms with van der Waals surface area (Å²) in [6, 6.07) is 1.51. The maximum Gasteiger partial charge on any atom is 0.160 e. The van der Waals surface area contributed by atoms with Crippen molar-refractivity contribution >= 4 is 11.6 Å². The van der Waals surface area contributed by atoms with E-state index in [1.807, 2.05) is 0 Å². The van der Waals surface area contributed by atoms with Crippen LogP contribution in [0.15, 0.2) is 12.3 Å². The molecule has 0 amide bonds. The Morgan fingerprint density at radius 1 is 1.64 bits per heavy atom. The van der Waals surface area contributed by atoms with Crippen LogP contribution in [0.3, 0.4) is 0 Å². The number of pyridine rings is 1. The first-order valence-electron chi connectivity index (χ1n) is 4.64. The van der Waals surface area contributed by atoms with Crippen LogP contribution >= 0.6 is 11.6 Å². The first-order chi connectivity index (χ1) is 6.72. The minimum Gasteiger partial charge on any atom is -0.396 e. The largest absolute Gasteiger partial charge is 0.396 e. The molecule has 1 aliphatic carbocycles. The number of halogens is 2. The highest BCUT2D eigenvalue weighted by Crippen LogP contribution is 2.42. The molecule has 4 heteroatoms. The van der Waals surface area contributed by atoms with Crippen molar-refractivity contribution in [3.05, 3.63) is 28.8 Å². The van der Waals surface area contributed by atoms with E-state index in [9.17, 15) is 9.50 Å². The summed E-state index contributed by atoms with van der Waals surface area (Å²) in [5.41, 5.74) is 0.696. The van der Waals surface area contributed by atoms with Gasteiger partial charge in [-0.1, -0.05) is 11.6 Å². The van der Waals surface area contributed by atoms with Gasteiger partial charge in [0.15, 0.2) is 5.82 Å². The van der Waals surface area contributed by atoms with Crippen LogP contribution in [0.25, 0.3) is 0 Å². The molecule has 1 saturated carbocycles. The molecule has 0 aromatic carbocycles. The van der Waals surface area contributed by atoms with E-state index < -0.39 is 5.82 Å². The molecule has 1 aromatic heterocycles. The van der Waals surface area contributed by atoms with Gasteiger partial charge in [0.05, 0.1) is 17.8 Å². The second-order valence-electron chi connectivity index (χ2n) is 3.65. The quantitative estimate of drug-likeness (QED) is 0.840. The van der Waals surface area contributed by atoms with E-state index in [1.54, 1.807) is 0 Å². The van der Waals surface area contributed by atoms with Gasteiger partial charge in [0.1, 0.15) is 0 Å². The Hall–Kier alpha value is -0.670. The summed E-state index contributed by atoms with van der Waals surface area (Å²) in [6.45, 7) is 0.0552. The molecule has 0 bridgehead atoms. The van der Waals surface area contributed by atoms with Gasteiger partial charge in [0.25, 0.3) is 0 Å². The lowest BCUT2D eigenvalue weighted by Crippen LogP contribution is -2.08. The van der Waals surface area contributed by atoms with Gasteiger partial charge in [-0.05, 0) is 24.8 Å². The standard InChI is InChI=1S/C10H11ClFNO/c11-8-3-10(13-4-9(8)12)7(5-14)6-1-2-6/h3-4,6-7,14H,1-2,5H2. The molecule has 2 rings (SSSR count). The lowest BCUT2D eigenvalue weighted by molar-refractivity contribution is 0.250. The fourth-order valence-corrected chi connectivity index (χ4v) is 1.77. The summed E-state index contributed by atoms with van der Waals surface area (Å²) in [5.74, 6) is 0.00466. The summed E-state index contributed by atoms with van der Waals surface area (Å²) >= 11 is 5.64. The zero-order valence-electron chi connectivity index (χ0n) is 7.58. The second kappa shape index (κ2) is 3.83. The highest BCUT2D eigenvalue weighted by molar-refractivity contribution is 6.30. The number of nitrogens with zero attached hydrogens (tertiary/aromatic N) is 1. The van der Waals surface area contributed by atoms with E-state index in [1.165, 1.54) is 6.07 Å². The monoisotopic (exact) mass is 215 g/mol. The van der Waals surface area contributed by atoms with Crippen LogP contribution in [0.2, 0.25) is 5.02 Å². The van der Waals surface area contributed by atoms with Gasteiger partial charge < -0.3 is 5.11 Å². The molecule has 1 fully saturated rings. The molecule has 1 aromatic rings. The minimum absolute atomic E-state index is 0.0214. The lowest BCUT2D eigenvalue weighted by Gasteiger charge is -2.12. The summed E-state index contributed by atoms with van der Waals surface area (Å²) in [5, 5.41) is 9.25. The molecule has 0 aliphatic heterocycles. The fraction of sp³-hybridized carbons (Fsp3) is 0.500. The normalized spacial score (nSPS) is 18.2. The van der Waals surface area contributed by atoms with E-state index in [0.29, 0.717) is 11.6 Å². The topological polar surface area (TPSA) is 33.1 Å². The maximum absolute atomic E-state index is 12.8. The van der Waals surface area contributed by atoms with Crippen LogP contribution in [-0.2, 0) is 0 Å². The first kappa shape index (κ1) is 9.87. The molecule has 76 valence electrons. The third-order valence-corrected chi connectivity index (χ3v) is 2.89. The smallest absolute Gasteiger partial charge is 0.160 e. The van der Waals surface area contributed by atoms with Gasteiger partial charge in [0, 0.05) is 11.6 Å². The third kappa shape index (κ3) is 1.88. The van der Waals surface area contributed by atoms with Crippen molar-refractivity contribution in [2.24, 2.45) is 5.92 Å². The Bertz CT molecular complexity index is 341. The van der Waals surface area contributed by atoms with Crippen molar-refractivity contribution < 1.29 is 9.50 Å². The predicted molar refractivity (Wildman–Crippen MR) is 51.8 cm³/mol. The maximum atomic E-state index is 12.8. The Morgan fingerprint density at radius 2 is 2.36 bits per heavy atom. The molecule has 1 N–H and O–H groups in total. The Labute approximate surface area is 86.7 Å². The van der Waals surface area contributed by atoms with Gasteiger partial charge in [-0.25, -0.2) is 4.39 Å². The summed E-state index contributed by atoms with van der Waals surface area (Å²) < 4.78 is 12.8. The van der Waals surface area contributed by atoms with E-state index >= 15 is 0 Å². The Kier molecular flexibility index (Phi) is 2.70. The Balaban J connectivity index is 2.25. The molecule has 1 heterocycles. The highest BCUT2D eigenvalue weighted by atomic mass is 35.5. The minimum atomic E-state index is -0.511. The van der Waals surface area contributed by atoms with Crippen LogP contribution < -0.4 is 0 Å². The van der Waals surface area contributed by atoms with Crippen molar-refractivity contribution in [1.29, 1.82) is 0 Å². The van der Waals surface area contributed by atoms with Gasteiger partial charge in [-0.15, -0.1) is 0 Å². The zero-order chi connectivity index (χ0) is 10.1. The average molecular weight is 216 g/mol. The molecular weight excluding hydrogens is 205 g/mol. The number of rotatable bonds is 3. The second-order valence-corrected chi connectivity index (χ2v) is 4.06. The molecule has 0 saturated heterocycles. The van der Waals surface area contributed by atoms with Crippen LogP contribution in [0, 0.1) is 11.7 Å². The molecule has 14 heavy (non-hydrogen) atoms. The number of hydrogen-bond acceptors (Lipinski definition) is 2. The van der Waals surface area contributed by atoms with E-state index in [4.69, 9.17) is 11.6 Å². The molecule has 1 aliphatic rings. The third-order valence-electron chi connectivity index (χ3n) is 2.60. The summed E-state index contributed by atoms with van der Waals surface area (Å²) in [6.07, 6.45) is 3.34. The molecule has 1 unspecified atom stereocenters. The molecular formula is C10H11ClFNO. The van der Waals surface area contributed by atoms with Gasteiger partial charge in [-0.2, -0.15) is 0 Å². The molecule has 2 nitrogen and oxygen atoms in total. The number of aromatic nitrogens is 1. The number of aliphatic hydroxyl groups is 1. The van der Waals surface area contributed by atoms with E-state index in [2.05, 4.69) is 4.98 Å². The number of aliphatic hydroxyl groups excluding tert-OH is 1. The number of hydrogen-bond donors (Lipinski definition) is 1. The SMILES string of the molecule is OCC(c1cc(Cl)c(F)cn1)C1CC1. The fourth-order valence-electron chi connectivity index (χ4n) is 1.61. The van der Waals surface area contributed by atoms with Crippen molar-refractivity contribution in [2.45, 2.75) is 18.8 Å². The van der Waals surface area contributed by atoms with Crippen molar-refractivity contribution in [2.75, 3.05) is 6.61 Å². The van der Waals surface area contributed by atoms with Crippen molar-refractivity contribution in [3.8, 4) is 0 Å². The van der Waals surface area contributed by atoms with Gasteiger partial charge in [-0.3, -0.25) is 4.98 Å². The van der Waals surface area contributed by atoms with Crippen molar-refractivity contribution in [3.63, 3.8) is 0 Å². The van der Waals surface area contributed by atoms with E-state index in [-0.39, 0.29) is 17.5 Å². The summed E-state index contributed by atoms with van der Waals surface area (Å²) in [7, 11) is 0.